The predicted octanol–water partition coefficient (Wildman–Crippen LogP) is 4.94. The molecule has 230 valence electrons. The molecule has 11 heteroatoms. The lowest BCUT2D eigenvalue weighted by atomic mass is 10.1. The van der Waals surface area contributed by atoms with Gasteiger partial charge in [-0.2, -0.15) is 10.1 Å². The fraction of sp³-hybridized carbons (Fsp3) is 0.229. The Kier molecular flexibility index (Phi) is 6.75. The zero-order chi connectivity index (χ0) is 31.4. The van der Waals surface area contributed by atoms with Gasteiger partial charge in [0, 0.05) is 74.6 Å². The van der Waals surface area contributed by atoms with Crippen LogP contribution in [0.3, 0.4) is 0 Å². The van der Waals surface area contributed by atoms with Crippen LogP contribution in [0.4, 0.5) is 17.5 Å². The molecule has 2 aliphatic rings. The van der Waals surface area contributed by atoms with Crippen molar-refractivity contribution < 1.29 is 14.3 Å². The van der Waals surface area contributed by atoms with E-state index < -0.39 is 0 Å². The summed E-state index contributed by atoms with van der Waals surface area (Å²) in [6, 6.07) is 23.5. The molecule has 0 aliphatic carbocycles. The van der Waals surface area contributed by atoms with Crippen molar-refractivity contribution >= 4 is 51.1 Å². The van der Waals surface area contributed by atoms with Crippen LogP contribution in [0.1, 0.15) is 26.4 Å². The zero-order valence-electron chi connectivity index (χ0n) is 25.6. The first-order valence-corrected chi connectivity index (χ1v) is 15.4. The van der Waals surface area contributed by atoms with Gasteiger partial charge in [0.1, 0.15) is 5.82 Å². The number of hydrogen-bond donors (Lipinski definition) is 1. The van der Waals surface area contributed by atoms with Crippen LogP contribution in [-0.4, -0.2) is 73.9 Å². The Balaban J connectivity index is 1.10. The minimum atomic E-state index is -0.254. The molecule has 11 nitrogen and oxygen atoms in total. The Morgan fingerprint density at radius 3 is 2.41 bits per heavy atom. The monoisotopic (exact) mass is 612 g/mol. The van der Waals surface area contributed by atoms with Gasteiger partial charge in [-0.3, -0.25) is 19.2 Å². The van der Waals surface area contributed by atoms with Crippen LogP contribution in [0.2, 0.25) is 0 Å². The third kappa shape index (κ3) is 4.85. The first-order chi connectivity index (χ1) is 22.4. The molecule has 8 rings (SSSR count). The molecule has 0 unspecified atom stereocenters. The summed E-state index contributed by atoms with van der Waals surface area (Å²) in [5.41, 5.74) is 6.47. The number of ether oxygens (including phenoxy) is 1. The van der Waals surface area contributed by atoms with E-state index in [0.717, 1.165) is 52.1 Å². The van der Waals surface area contributed by atoms with E-state index in [1.54, 1.807) is 24.3 Å². The number of nitrogens with zero attached hydrogens (tertiary/aromatic N) is 7. The highest BCUT2D eigenvalue weighted by atomic mass is 16.5. The van der Waals surface area contributed by atoms with Crippen molar-refractivity contribution in [2.45, 2.75) is 6.42 Å². The number of imide groups is 1. The normalized spacial score (nSPS) is 14.9. The zero-order valence-corrected chi connectivity index (χ0v) is 25.6. The minimum absolute atomic E-state index is 0.254. The smallest absolute Gasteiger partial charge is 0.261 e. The van der Waals surface area contributed by atoms with Crippen LogP contribution in [0, 0.1) is 0 Å². The molecule has 0 bridgehead atoms. The lowest BCUT2D eigenvalue weighted by Gasteiger charge is -2.27. The summed E-state index contributed by atoms with van der Waals surface area (Å²) < 4.78 is 9.53. The molecule has 3 aromatic heterocycles. The van der Waals surface area contributed by atoms with E-state index in [1.165, 1.54) is 10.3 Å². The molecule has 1 saturated heterocycles. The van der Waals surface area contributed by atoms with E-state index in [9.17, 15) is 9.59 Å². The molecular formula is C35H32N8O3. The third-order valence-corrected chi connectivity index (χ3v) is 8.84. The van der Waals surface area contributed by atoms with Crippen LogP contribution >= 0.6 is 0 Å². The summed E-state index contributed by atoms with van der Waals surface area (Å²) in [6.07, 6.45) is 2.51. The molecule has 0 radical (unpaired) electrons. The maximum atomic E-state index is 12.9. The first-order valence-electron chi connectivity index (χ1n) is 15.4. The SMILES string of the molecule is Cn1ccc2ccc(Nc3cc(-c4ccc5c(CCN6C(=O)c7ccccc7C6=O)nn(C)c5c4)nc(N4CCOCC4)n3)cc21. The largest absolute Gasteiger partial charge is 0.378 e. The van der Waals surface area contributed by atoms with E-state index in [-0.39, 0.29) is 18.4 Å². The summed E-state index contributed by atoms with van der Waals surface area (Å²) in [7, 11) is 3.94. The van der Waals surface area contributed by atoms with Crippen molar-refractivity contribution in [2.24, 2.45) is 14.1 Å². The number of amides is 2. The molecular weight excluding hydrogens is 580 g/mol. The van der Waals surface area contributed by atoms with Gasteiger partial charge < -0.3 is 19.5 Å². The number of fused-ring (bicyclic) bond motifs is 3. The van der Waals surface area contributed by atoms with Crippen molar-refractivity contribution in [1.29, 1.82) is 0 Å². The van der Waals surface area contributed by atoms with Crippen molar-refractivity contribution in [2.75, 3.05) is 43.1 Å². The second kappa shape index (κ2) is 11.1. The van der Waals surface area contributed by atoms with Gasteiger partial charge in [0.2, 0.25) is 5.95 Å². The van der Waals surface area contributed by atoms with Gasteiger partial charge >= 0.3 is 0 Å². The number of rotatable bonds is 7. The van der Waals surface area contributed by atoms with Gasteiger partial charge in [-0.1, -0.05) is 30.3 Å². The standard InChI is InChI=1S/C35H32N8O3/c1-40-13-11-22-7-9-24(20-30(22)40)36-32-21-29(37-35(38-32)42-15-17-46-18-16-42)23-8-10-27-28(39-41(2)31(27)19-23)12-14-43-33(44)25-5-3-4-6-26(25)34(43)45/h3-11,13,19-21H,12,14-18H2,1-2H3,(H,36,37,38). The Morgan fingerprint density at radius 1 is 0.848 bits per heavy atom. The molecule has 2 aliphatic heterocycles. The third-order valence-electron chi connectivity index (χ3n) is 8.84. The molecule has 3 aromatic carbocycles. The fourth-order valence-corrected chi connectivity index (χ4v) is 6.38. The van der Waals surface area contributed by atoms with Crippen molar-refractivity contribution in [3.8, 4) is 11.3 Å². The van der Waals surface area contributed by atoms with Crippen LogP contribution in [0.15, 0.2) is 79.0 Å². The number of hydrogen-bond acceptors (Lipinski definition) is 8. The molecule has 5 heterocycles. The van der Waals surface area contributed by atoms with Crippen LogP contribution in [0.25, 0.3) is 33.1 Å². The first kappa shape index (κ1) is 28.0. The van der Waals surface area contributed by atoms with Gasteiger partial charge in [0.15, 0.2) is 0 Å². The average Bonchev–Trinajstić information content (AvgIpc) is 3.70. The van der Waals surface area contributed by atoms with E-state index in [4.69, 9.17) is 19.8 Å². The van der Waals surface area contributed by atoms with E-state index >= 15 is 0 Å². The Labute approximate surface area is 265 Å². The van der Waals surface area contributed by atoms with Gasteiger partial charge in [-0.25, -0.2) is 4.98 Å². The summed E-state index contributed by atoms with van der Waals surface area (Å²) >= 11 is 0. The van der Waals surface area contributed by atoms with Gasteiger partial charge in [-0.05, 0) is 41.8 Å². The lowest BCUT2D eigenvalue weighted by Crippen LogP contribution is -2.37. The maximum absolute atomic E-state index is 12.9. The van der Waals surface area contributed by atoms with Gasteiger partial charge in [0.05, 0.1) is 41.2 Å². The highest BCUT2D eigenvalue weighted by Crippen LogP contribution is 2.31. The average molecular weight is 613 g/mol. The number of carbonyl (C=O) groups excluding carboxylic acids is 2. The molecule has 0 spiro atoms. The van der Waals surface area contributed by atoms with Crippen LogP contribution in [-0.2, 0) is 25.3 Å². The predicted molar refractivity (Wildman–Crippen MR) is 176 cm³/mol. The Bertz CT molecular complexity index is 2130. The van der Waals surface area contributed by atoms with Crippen LogP contribution in [0.5, 0.6) is 0 Å². The Hall–Kier alpha value is -5.55. The molecule has 0 saturated carbocycles. The summed E-state index contributed by atoms with van der Waals surface area (Å²) in [5, 5.41) is 10.4. The Morgan fingerprint density at radius 2 is 1.63 bits per heavy atom. The van der Waals surface area contributed by atoms with E-state index in [2.05, 4.69) is 51.3 Å². The van der Waals surface area contributed by atoms with E-state index in [1.807, 2.05) is 37.0 Å². The van der Waals surface area contributed by atoms with Crippen molar-refractivity contribution in [1.82, 2.24) is 29.2 Å². The number of benzene rings is 3. The fourth-order valence-electron chi connectivity index (χ4n) is 6.38. The second-order valence-electron chi connectivity index (χ2n) is 11.7. The maximum Gasteiger partial charge on any atom is 0.261 e. The molecule has 46 heavy (non-hydrogen) atoms. The molecule has 6 aromatic rings. The van der Waals surface area contributed by atoms with Gasteiger partial charge in [-0.15, -0.1) is 0 Å². The number of nitrogens with one attached hydrogen (secondary N) is 1. The number of anilines is 3. The van der Waals surface area contributed by atoms with Crippen molar-refractivity contribution in [3.63, 3.8) is 0 Å². The highest BCUT2D eigenvalue weighted by Gasteiger charge is 2.35. The lowest BCUT2D eigenvalue weighted by molar-refractivity contribution is 0.0656. The molecule has 0 atom stereocenters. The van der Waals surface area contributed by atoms with Gasteiger partial charge in [0.25, 0.3) is 11.8 Å². The van der Waals surface area contributed by atoms with Crippen molar-refractivity contribution in [3.05, 3.63) is 95.8 Å². The van der Waals surface area contributed by atoms with E-state index in [0.29, 0.717) is 42.5 Å². The topological polar surface area (TPSA) is 110 Å². The van der Waals surface area contributed by atoms with Crippen LogP contribution < -0.4 is 10.2 Å². The number of aromatic nitrogens is 5. The quantitative estimate of drug-likeness (QED) is 0.253. The number of aryl methyl sites for hydroxylation is 2. The molecule has 1 N–H and O–H groups in total. The second-order valence-corrected chi connectivity index (χ2v) is 11.7. The number of carbonyl (C=O) groups is 2. The molecule has 1 fully saturated rings. The summed E-state index contributed by atoms with van der Waals surface area (Å²) in [6.45, 7) is 2.96. The molecule has 2 amide bonds. The highest BCUT2D eigenvalue weighted by molar-refractivity contribution is 6.21. The minimum Gasteiger partial charge on any atom is -0.378 e. The summed E-state index contributed by atoms with van der Waals surface area (Å²) in [5.74, 6) is 0.841. The number of morpholine rings is 1. The summed E-state index contributed by atoms with van der Waals surface area (Å²) in [4.78, 5) is 39.2.